The quantitative estimate of drug-likeness (QED) is 0.517. The molecule has 1 unspecified atom stereocenters. The van der Waals surface area contributed by atoms with Crippen molar-refractivity contribution < 1.29 is 31.5 Å². The lowest BCUT2D eigenvalue weighted by molar-refractivity contribution is -0.140. The van der Waals surface area contributed by atoms with Gasteiger partial charge in [0, 0.05) is 30.1 Å². The molecule has 190 valence electrons. The smallest absolute Gasteiger partial charge is 0.386 e. The minimum absolute atomic E-state index is 0.0510. The minimum Gasteiger partial charge on any atom is -0.386 e. The number of benzene rings is 1. The first-order valence-electron chi connectivity index (χ1n) is 10.9. The molecule has 3 aromatic rings. The van der Waals surface area contributed by atoms with Gasteiger partial charge in [0.25, 0.3) is 5.91 Å². The molecule has 1 fully saturated rings. The summed E-state index contributed by atoms with van der Waals surface area (Å²) in [7, 11) is -1.30. The Hall–Kier alpha value is -2.51. The molecule has 35 heavy (non-hydrogen) atoms. The Kier molecular flexibility index (Phi) is 6.47. The molecule has 0 aliphatic carbocycles. The van der Waals surface area contributed by atoms with Crippen molar-refractivity contribution in [2.75, 3.05) is 16.8 Å². The zero-order valence-corrected chi connectivity index (χ0v) is 20.9. The third kappa shape index (κ3) is 5.51. The zero-order chi connectivity index (χ0) is 25.8. The van der Waals surface area contributed by atoms with Crippen molar-refractivity contribution >= 4 is 43.8 Å². The van der Waals surface area contributed by atoms with Crippen molar-refractivity contribution in [3.8, 4) is 0 Å². The second-order valence-corrected chi connectivity index (χ2v) is 12.4. The van der Waals surface area contributed by atoms with Gasteiger partial charge in [-0.3, -0.25) is 4.79 Å². The van der Waals surface area contributed by atoms with Crippen molar-refractivity contribution in [3.05, 3.63) is 39.6 Å². The lowest BCUT2D eigenvalue weighted by Gasteiger charge is -2.22. The Morgan fingerprint density at radius 1 is 1.29 bits per heavy atom. The molecule has 1 aliphatic rings. The summed E-state index contributed by atoms with van der Waals surface area (Å²) in [6.45, 7) is 3.04. The van der Waals surface area contributed by atoms with Gasteiger partial charge < -0.3 is 15.0 Å². The highest BCUT2D eigenvalue weighted by molar-refractivity contribution is 7.91. The molecule has 0 saturated carbocycles. The van der Waals surface area contributed by atoms with E-state index in [0.29, 0.717) is 46.6 Å². The van der Waals surface area contributed by atoms with Crippen LogP contribution in [-0.2, 0) is 35.1 Å². The van der Waals surface area contributed by atoms with Gasteiger partial charge in [0.1, 0.15) is 5.82 Å². The van der Waals surface area contributed by atoms with Crippen LogP contribution in [0.3, 0.4) is 0 Å². The second-order valence-electron chi connectivity index (χ2n) is 9.35. The van der Waals surface area contributed by atoms with E-state index in [0.717, 1.165) is 11.8 Å². The van der Waals surface area contributed by atoms with E-state index in [1.165, 1.54) is 13.8 Å². The van der Waals surface area contributed by atoms with Gasteiger partial charge in [-0.05, 0) is 44.7 Å². The number of hydrogen-bond acceptors (Lipinski definition) is 7. The number of aryl methyl sites for hydroxylation is 1. The number of fused-ring (bicyclic) bond motifs is 1. The Labute approximate surface area is 204 Å². The molecular weight excluding hydrogens is 505 g/mol. The third-order valence-electron chi connectivity index (χ3n) is 6.04. The molecule has 1 aromatic carbocycles. The highest BCUT2D eigenvalue weighted by atomic mass is 32.2. The number of halogens is 3. The summed E-state index contributed by atoms with van der Waals surface area (Å²) in [4.78, 5) is 20.7. The summed E-state index contributed by atoms with van der Waals surface area (Å²) in [6.07, 6.45) is -2.80. The SMILES string of the molecule is Cn1c(CC2CCCS(=O)(=O)C2)nc2cc(C(C)(C)O)c(NC(=O)c3nc(C(F)(F)F)cs3)cc21. The van der Waals surface area contributed by atoms with Crippen LogP contribution in [0.1, 0.15) is 53.6 Å². The summed E-state index contributed by atoms with van der Waals surface area (Å²) in [5.74, 6) is 0.102. The van der Waals surface area contributed by atoms with Gasteiger partial charge in [0.05, 0.1) is 28.1 Å². The summed E-state index contributed by atoms with van der Waals surface area (Å²) in [5, 5.41) is 13.7. The number of amides is 1. The van der Waals surface area contributed by atoms with E-state index in [9.17, 15) is 31.5 Å². The largest absolute Gasteiger partial charge is 0.434 e. The van der Waals surface area contributed by atoms with Gasteiger partial charge in [-0.1, -0.05) is 0 Å². The van der Waals surface area contributed by atoms with Gasteiger partial charge in [0.2, 0.25) is 0 Å². The fourth-order valence-electron chi connectivity index (χ4n) is 4.30. The van der Waals surface area contributed by atoms with Crippen LogP contribution in [0.2, 0.25) is 0 Å². The number of rotatable bonds is 5. The molecule has 3 heterocycles. The lowest BCUT2D eigenvalue weighted by atomic mass is 9.95. The maximum Gasteiger partial charge on any atom is 0.434 e. The minimum atomic E-state index is -4.66. The van der Waals surface area contributed by atoms with E-state index in [1.54, 1.807) is 23.7 Å². The highest BCUT2D eigenvalue weighted by Crippen LogP contribution is 2.34. The van der Waals surface area contributed by atoms with Crippen LogP contribution in [0.25, 0.3) is 11.0 Å². The molecular formula is C22H25F3N4O4S2. The van der Waals surface area contributed by atoms with Crippen LogP contribution >= 0.6 is 11.3 Å². The average molecular weight is 531 g/mol. The van der Waals surface area contributed by atoms with Crippen molar-refractivity contribution in [3.63, 3.8) is 0 Å². The number of carbonyl (C=O) groups excluding carboxylic acids is 1. The maximum absolute atomic E-state index is 12.9. The standard InChI is InChI=1S/C22H25F3N4O4S2/c1-21(2,31)13-8-15-16(29(3)18(26-15)7-12-5-4-6-35(32,33)11-12)9-14(13)27-19(30)20-28-17(10-34-20)22(23,24)25/h8-10,12,31H,4-7,11H2,1-3H3,(H,27,30). The van der Waals surface area contributed by atoms with E-state index in [2.05, 4.69) is 15.3 Å². The average Bonchev–Trinajstić information content (AvgIpc) is 3.32. The van der Waals surface area contributed by atoms with Gasteiger partial charge in [0.15, 0.2) is 20.5 Å². The number of nitrogens with zero attached hydrogens (tertiary/aromatic N) is 3. The fraction of sp³-hybridized carbons (Fsp3) is 0.500. The Bertz CT molecular complexity index is 1390. The molecule has 0 radical (unpaired) electrons. The van der Waals surface area contributed by atoms with Crippen molar-refractivity contribution in [2.45, 2.75) is 44.9 Å². The summed E-state index contributed by atoms with van der Waals surface area (Å²) in [5.41, 5.74) is -0.829. The number of thiazole rings is 1. The first kappa shape index (κ1) is 25.6. The topological polar surface area (TPSA) is 114 Å². The zero-order valence-electron chi connectivity index (χ0n) is 19.3. The van der Waals surface area contributed by atoms with Crippen LogP contribution < -0.4 is 5.32 Å². The lowest BCUT2D eigenvalue weighted by Crippen LogP contribution is -2.27. The van der Waals surface area contributed by atoms with Crippen LogP contribution in [0.15, 0.2) is 17.5 Å². The molecule has 2 aromatic heterocycles. The van der Waals surface area contributed by atoms with Crippen molar-refractivity contribution in [1.29, 1.82) is 0 Å². The summed E-state index contributed by atoms with van der Waals surface area (Å²) in [6, 6.07) is 3.22. The molecule has 8 nitrogen and oxygen atoms in total. The van der Waals surface area contributed by atoms with Crippen molar-refractivity contribution in [1.82, 2.24) is 14.5 Å². The normalized spacial score (nSPS) is 18.7. The van der Waals surface area contributed by atoms with E-state index in [-0.39, 0.29) is 28.1 Å². The molecule has 4 rings (SSSR count). The van der Waals surface area contributed by atoms with E-state index >= 15 is 0 Å². The van der Waals surface area contributed by atoms with Gasteiger partial charge in [-0.15, -0.1) is 11.3 Å². The molecule has 13 heteroatoms. The number of carbonyl (C=O) groups is 1. The Morgan fingerprint density at radius 2 is 2.00 bits per heavy atom. The Balaban J connectivity index is 1.68. The van der Waals surface area contributed by atoms with E-state index in [4.69, 9.17) is 0 Å². The Morgan fingerprint density at radius 3 is 2.60 bits per heavy atom. The molecule has 1 atom stereocenters. The predicted molar refractivity (Wildman–Crippen MR) is 126 cm³/mol. The highest BCUT2D eigenvalue weighted by Gasteiger charge is 2.35. The van der Waals surface area contributed by atoms with Crippen LogP contribution in [0.4, 0.5) is 18.9 Å². The van der Waals surface area contributed by atoms with E-state index < -0.39 is 33.2 Å². The number of alkyl halides is 3. The molecule has 2 N–H and O–H groups in total. The number of nitrogens with one attached hydrogen (secondary N) is 1. The number of hydrogen-bond donors (Lipinski definition) is 2. The molecule has 0 bridgehead atoms. The molecule has 0 spiro atoms. The maximum atomic E-state index is 12.9. The first-order chi connectivity index (χ1) is 16.1. The van der Waals surface area contributed by atoms with Crippen LogP contribution in [0, 0.1) is 5.92 Å². The van der Waals surface area contributed by atoms with Crippen molar-refractivity contribution in [2.24, 2.45) is 13.0 Å². The van der Waals surface area contributed by atoms with Gasteiger partial charge in [-0.2, -0.15) is 13.2 Å². The van der Waals surface area contributed by atoms with Crippen LogP contribution in [0.5, 0.6) is 0 Å². The van der Waals surface area contributed by atoms with Gasteiger partial charge in [-0.25, -0.2) is 18.4 Å². The third-order valence-corrected chi connectivity index (χ3v) is 8.77. The number of imidazole rings is 1. The number of aliphatic hydroxyl groups is 1. The van der Waals surface area contributed by atoms with E-state index in [1.807, 2.05) is 0 Å². The number of sulfone groups is 1. The molecule has 1 saturated heterocycles. The first-order valence-corrected chi connectivity index (χ1v) is 13.6. The van der Waals surface area contributed by atoms with Gasteiger partial charge >= 0.3 is 6.18 Å². The second kappa shape index (κ2) is 8.86. The van der Waals surface area contributed by atoms with Crippen LogP contribution in [-0.4, -0.2) is 45.5 Å². The summed E-state index contributed by atoms with van der Waals surface area (Å²) < 4.78 is 64.5. The molecule has 1 aliphatic heterocycles. The number of aromatic nitrogens is 3. The molecule has 1 amide bonds. The fourth-order valence-corrected chi connectivity index (χ4v) is 6.80. The monoisotopic (exact) mass is 530 g/mol. The predicted octanol–water partition coefficient (Wildman–Crippen LogP) is 3.90. The summed E-state index contributed by atoms with van der Waals surface area (Å²) >= 11 is 0.575. The number of anilines is 1.